The van der Waals surface area contributed by atoms with Gasteiger partial charge in [-0.1, -0.05) is 25.0 Å². The molecule has 2 aliphatic rings. The van der Waals surface area contributed by atoms with Crippen LogP contribution < -0.4 is 4.90 Å². The van der Waals surface area contributed by atoms with Crippen LogP contribution in [-0.4, -0.2) is 54.5 Å². The number of hydrogen-bond donors (Lipinski definition) is 1. The summed E-state index contributed by atoms with van der Waals surface area (Å²) in [6.45, 7) is 2.00. The van der Waals surface area contributed by atoms with Gasteiger partial charge in [0.25, 0.3) is 0 Å². The number of aliphatic hydroxyl groups excluding tert-OH is 1. The zero-order valence-corrected chi connectivity index (χ0v) is 14.6. The Balaban J connectivity index is 1.59. The molecular weight excluding hydrogens is 308 g/mol. The summed E-state index contributed by atoms with van der Waals surface area (Å²) in [7, 11) is 1.99. The normalized spacial score (nSPS) is 24.6. The van der Waals surface area contributed by atoms with Crippen LogP contribution in [0.25, 0.3) is 0 Å². The second-order valence-electron chi connectivity index (χ2n) is 6.67. The summed E-state index contributed by atoms with van der Waals surface area (Å²) in [4.78, 5) is 17.9. The third-order valence-corrected chi connectivity index (χ3v) is 5.89. The Bertz CT molecular complexity index is 552. The van der Waals surface area contributed by atoms with Gasteiger partial charge in [0.2, 0.25) is 5.91 Å². The summed E-state index contributed by atoms with van der Waals surface area (Å²) in [6, 6.07) is 8.13. The molecule has 3 rings (SSSR count). The Morgan fingerprint density at radius 2 is 2.13 bits per heavy atom. The van der Waals surface area contributed by atoms with Crippen LogP contribution >= 0.6 is 11.8 Å². The Kier molecular flexibility index (Phi) is 5.62. The Morgan fingerprint density at radius 3 is 2.96 bits per heavy atom. The molecule has 1 aliphatic carbocycles. The first-order valence-electron chi connectivity index (χ1n) is 8.54. The number of anilines is 1. The van der Waals surface area contributed by atoms with Crippen molar-refractivity contribution in [1.82, 2.24) is 4.90 Å². The molecule has 1 fully saturated rings. The number of hydrogen-bond acceptors (Lipinski definition) is 4. The molecule has 1 N–H and O–H groups in total. The van der Waals surface area contributed by atoms with Crippen molar-refractivity contribution in [1.29, 1.82) is 0 Å². The van der Waals surface area contributed by atoms with E-state index in [0.29, 0.717) is 12.5 Å². The first-order chi connectivity index (χ1) is 11.1. The molecular formula is C18H26N2O2S. The van der Waals surface area contributed by atoms with E-state index in [4.69, 9.17) is 0 Å². The lowest BCUT2D eigenvalue weighted by Gasteiger charge is -2.33. The summed E-state index contributed by atoms with van der Waals surface area (Å²) in [5, 5.41) is 10.1. The van der Waals surface area contributed by atoms with E-state index in [9.17, 15) is 9.90 Å². The zero-order chi connectivity index (χ0) is 16.2. The van der Waals surface area contributed by atoms with Crippen molar-refractivity contribution < 1.29 is 9.90 Å². The summed E-state index contributed by atoms with van der Waals surface area (Å²) in [6.07, 6.45) is 4.10. The SMILES string of the molecule is CN(CC(=O)N1CCSc2ccccc21)CC1CCCCC1O. The number of para-hydroxylation sites is 1. The number of fused-ring (bicyclic) bond motifs is 1. The minimum atomic E-state index is -0.201. The van der Waals surface area contributed by atoms with Crippen molar-refractivity contribution in [2.45, 2.75) is 36.7 Å². The largest absolute Gasteiger partial charge is 0.393 e. The van der Waals surface area contributed by atoms with E-state index in [1.54, 1.807) is 0 Å². The fraction of sp³-hybridized carbons (Fsp3) is 0.611. The standard InChI is InChI=1S/C18H26N2O2S/c1-19(12-14-6-2-4-8-16(14)21)13-18(22)20-10-11-23-17-9-5-3-7-15(17)20/h3,5,7,9,14,16,21H,2,4,6,8,10-13H2,1H3. The second kappa shape index (κ2) is 7.69. The van der Waals surface area contributed by atoms with Gasteiger partial charge in [-0.25, -0.2) is 0 Å². The van der Waals surface area contributed by atoms with Gasteiger partial charge in [-0.15, -0.1) is 11.8 Å². The van der Waals surface area contributed by atoms with E-state index in [2.05, 4.69) is 11.0 Å². The van der Waals surface area contributed by atoms with Gasteiger partial charge in [0.15, 0.2) is 0 Å². The molecule has 0 spiro atoms. The predicted octanol–water partition coefficient (Wildman–Crippen LogP) is 2.61. The molecule has 5 heteroatoms. The van der Waals surface area contributed by atoms with Crippen molar-refractivity contribution in [3.8, 4) is 0 Å². The number of nitrogens with zero attached hydrogens (tertiary/aromatic N) is 2. The molecule has 1 heterocycles. The van der Waals surface area contributed by atoms with Crippen molar-refractivity contribution >= 4 is 23.4 Å². The van der Waals surface area contributed by atoms with Crippen LogP contribution in [0.3, 0.4) is 0 Å². The van der Waals surface area contributed by atoms with Gasteiger partial charge in [-0.3, -0.25) is 9.69 Å². The van der Waals surface area contributed by atoms with Crippen molar-refractivity contribution in [2.24, 2.45) is 5.92 Å². The Labute approximate surface area is 142 Å². The third kappa shape index (κ3) is 4.08. The van der Waals surface area contributed by atoms with E-state index in [-0.39, 0.29) is 12.0 Å². The number of rotatable bonds is 4. The molecule has 4 nitrogen and oxygen atoms in total. The second-order valence-corrected chi connectivity index (χ2v) is 7.81. The van der Waals surface area contributed by atoms with Crippen LogP contribution in [0.2, 0.25) is 0 Å². The van der Waals surface area contributed by atoms with Gasteiger partial charge in [-0.2, -0.15) is 0 Å². The van der Waals surface area contributed by atoms with Crippen LogP contribution in [0.1, 0.15) is 25.7 Å². The first kappa shape index (κ1) is 16.8. The average Bonchev–Trinajstić information content (AvgIpc) is 2.56. The topological polar surface area (TPSA) is 43.8 Å². The van der Waals surface area contributed by atoms with Crippen LogP contribution in [0.15, 0.2) is 29.2 Å². The summed E-state index contributed by atoms with van der Waals surface area (Å²) >= 11 is 1.82. The fourth-order valence-corrected chi connectivity index (χ4v) is 4.61. The van der Waals surface area contributed by atoms with E-state index in [0.717, 1.165) is 43.8 Å². The maximum atomic E-state index is 12.7. The van der Waals surface area contributed by atoms with E-state index < -0.39 is 0 Å². The molecule has 0 aromatic heterocycles. The number of likely N-dealkylation sites (N-methyl/N-ethyl adjacent to an activating group) is 1. The minimum Gasteiger partial charge on any atom is -0.393 e. The fourth-order valence-electron chi connectivity index (χ4n) is 3.61. The zero-order valence-electron chi connectivity index (χ0n) is 13.8. The van der Waals surface area contributed by atoms with Crippen LogP contribution in [-0.2, 0) is 4.79 Å². The molecule has 1 amide bonds. The van der Waals surface area contributed by atoms with Crippen LogP contribution in [0, 0.1) is 5.92 Å². The van der Waals surface area contributed by atoms with Crippen LogP contribution in [0.5, 0.6) is 0 Å². The third-order valence-electron chi connectivity index (χ3n) is 4.85. The number of aliphatic hydroxyl groups is 1. The molecule has 126 valence electrons. The maximum Gasteiger partial charge on any atom is 0.241 e. The van der Waals surface area contributed by atoms with Crippen molar-refractivity contribution in [3.05, 3.63) is 24.3 Å². The quantitative estimate of drug-likeness (QED) is 0.919. The molecule has 1 aliphatic heterocycles. The monoisotopic (exact) mass is 334 g/mol. The van der Waals surface area contributed by atoms with Gasteiger partial charge in [0.05, 0.1) is 18.3 Å². The number of benzene rings is 1. The van der Waals surface area contributed by atoms with Gasteiger partial charge < -0.3 is 10.0 Å². The molecule has 23 heavy (non-hydrogen) atoms. The summed E-state index contributed by atoms with van der Waals surface area (Å²) in [5.41, 5.74) is 1.04. The average molecular weight is 334 g/mol. The van der Waals surface area contributed by atoms with Gasteiger partial charge >= 0.3 is 0 Å². The summed E-state index contributed by atoms with van der Waals surface area (Å²) in [5.74, 6) is 1.42. The summed E-state index contributed by atoms with van der Waals surface area (Å²) < 4.78 is 0. The van der Waals surface area contributed by atoms with E-state index >= 15 is 0 Å². The number of carbonyl (C=O) groups excluding carboxylic acids is 1. The molecule has 1 saturated carbocycles. The smallest absolute Gasteiger partial charge is 0.241 e. The lowest BCUT2D eigenvalue weighted by Crippen LogP contribution is -2.44. The Hall–Kier alpha value is -1.04. The van der Waals surface area contributed by atoms with Crippen molar-refractivity contribution in [2.75, 3.05) is 37.3 Å². The predicted molar refractivity (Wildman–Crippen MR) is 95.0 cm³/mol. The highest BCUT2D eigenvalue weighted by molar-refractivity contribution is 7.99. The molecule has 0 bridgehead atoms. The highest BCUT2D eigenvalue weighted by atomic mass is 32.2. The molecule has 2 atom stereocenters. The van der Waals surface area contributed by atoms with E-state index in [1.165, 1.54) is 11.3 Å². The molecule has 2 unspecified atom stereocenters. The van der Waals surface area contributed by atoms with Crippen LogP contribution in [0.4, 0.5) is 5.69 Å². The van der Waals surface area contributed by atoms with Crippen molar-refractivity contribution in [3.63, 3.8) is 0 Å². The highest BCUT2D eigenvalue weighted by Gasteiger charge is 2.27. The first-order valence-corrected chi connectivity index (χ1v) is 9.52. The number of amides is 1. The van der Waals surface area contributed by atoms with Gasteiger partial charge in [0.1, 0.15) is 0 Å². The van der Waals surface area contributed by atoms with E-state index in [1.807, 2.05) is 41.9 Å². The molecule has 0 saturated heterocycles. The molecule has 1 aromatic rings. The Morgan fingerprint density at radius 1 is 1.35 bits per heavy atom. The lowest BCUT2D eigenvalue weighted by molar-refractivity contribution is -0.119. The van der Waals surface area contributed by atoms with Gasteiger partial charge in [-0.05, 0) is 37.9 Å². The molecule has 0 radical (unpaired) electrons. The highest BCUT2D eigenvalue weighted by Crippen LogP contribution is 2.34. The maximum absolute atomic E-state index is 12.7. The molecule has 1 aromatic carbocycles. The number of thioether (sulfide) groups is 1. The minimum absolute atomic E-state index is 0.158. The lowest BCUT2D eigenvalue weighted by atomic mass is 9.86. The number of carbonyl (C=O) groups is 1. The van der Waals surface area contributed by atoms with Gasteiger partial charge in [0, 0.05) is 23.7 Å².